The van der Waals surface area contributed by atoms with Crippen molar-refractivity contribution >= 4 is 17.4 Å². The number of hydrogen-bond donors (Lipinski definition) is 1. The van der Waals surface area contributed by atoms with Crippen molar-refractivity contribution in [3.8, 4) is 17.2 Å². The maximum absolute atomic E-state index is 12.9. The van der Waals surface area contributed by atoms with E-state index in [-0.39, 0.29) is 11.8 Å². The predicted molar refractivity (Wildman–Crippen MR) is 129 cm³/mol. The number of carbonyl (C=O) groups excluding carboxylic acids is 1. The van der Waals surface area contributed by atoms with Crippen LogP contribution in [0.5, 0.6) is 0 Å². The van der Waals surface area contributed by atoms with Crippen LogP contribution >= 0.6 is 0 Å². The van der Waals surface area contributed by atoms with Gasteiger partial charge in [0.15, 0.2) is 11.6 Å². The summed E-state index contributed by atoms with van der Waals surface area (Å²) < 4.78 is 1.93. The first-order valence-corrected chi connectivity index (χ1v) is 11.2. The fourth-order valence-electron chi connectivity index (χ4n) is 4.27. The van der Waals surface area contributed by atoms with Crippen molar-refractivity contribution in [2.75, 3.05) is 23.3 Å². The molecule has 3 heterocycles. The van der Waals surface area contributed by atoms with Crippen molar-refractivity contribution < 1.29 is 4.79 Å². The van der Waals surface area contributed by atoms with Gasteiger partial charge >= 0.3 is 0 Å². The number of rotatable bonds is 5. The van der Waals surface area contributed by atoms with Crippen LogP contribution in [0.4, 0.5) is 11.5 Å². The zero-order valence-electron chi connectivity index (χ0n) is 18.6. The van der Waals surface area contributed by atoms with E-state index in [9.17, 15) is 4.79 Å². The van der Waals surface area contributed by atoms with Gasteiger partial charge in [-0.3, -0.25) is 9.36 Å². The van der Waals surface area contributed by atoms with E-state index in [4.69, 9.17) is 0 Å². The molecule has 4 aromatic rings. The normalized spacial score (nSPS) is 15.9. The molecule has 1 aliphatic heterocycles. The van der Waals surface area contributed by atoms with Gasteiger partial charge < -0.3 is 10.2 Å². The van der Waals surface area contributed by atoms with Crippen LogP contribution in [0.1, 0.15) is 18.4 Å². The van der Waals surface area contributed by atoms with E-state index in [1.807, 2.05) is 84.4 Å². The van der Waals surface area contributed by atoms with Gasteiger partial charge in [-0.05, 0) is 49.6 Å². The lowest BCUT2D eigenvalue weighted by Crippen LogP contribution is -2.41. The van der Waals surface area contributed by atoms with Crippen LogP contribution < -0.4 is 10.2 Å². The third-order valence-corrected chi connectivity index (χ3v) is 5.96. The second-order valence-corrected chi connectivity index (χ2v) is 8.38. The van der Waals surface area contributed by atoms with Crippen LogP contribution in [0.25, 0.3) is 17.2 Å². The van der Waals surface area contributed by atoms with Gasteiger partial charge in [0, 0.05) is 36.7 Å². The van der Waals surface area contributed by atoms with Crippen LogP contribution in [0.15, 0.2) is 79.1 Å². The minimum atomic E-state index is -0.0842. The zero-order valence-corrected chi connectivity index (χ0v) is 18.6. The Kier molecular flexibility index (Phi) is 5.85. The van der Waals surface area contributed by atoms with Crippen molar-refractivity contribution in [2.24, 2.45) is 5.92 Å². The van der Waals surface area contributed by atoms with E-state index in [2.05, 4.69) is 25.4 Å². The fourth-order valence-corrected chi connectivity index (χ4v) is 4.27. The van der Waals surface area contributed by atoms with Gasteiger partial charge in [0.1, 0.15) is 5.82 Å². The summed E-state index contributed by atoms with van der Waals surface area (Å²) in [6.07, 6.45) is 5.46. The van der Waals surface area contributed by atoms with Gasteiger partial charge in [0.2, 0.25) is 5.91 Å². The molecule has 5 rings (SSSR count). The molecule has 0 spiro atoms. The van der Waals surface area contributed by atoms with Gasteiger partial charge in [-0.1, -0.05) is 42.5 Å². The van der Waals surface area contributed by atoms with Gasteiger partial charge in [-0.25, -0.2) is 4.98 Å². The highest BCUT2D eigenvalue weighted by Gasteiger charge is 2.27. The Morgan fingerprint density at radius 2 is 1.82 bits per heavy atom. The Balaban J connectivity index is 1.29. The number of nitrogens with one attached hydrogen (secondary N) is 1. The molecule has 7 nitrogen and oxygen atoms in total. The molecule has 7 heteroatoms. The quantitative estimate of drug-likeness (QED) is 0.497. The largest absolute Gasteiger partial charge is 0.354 e. The molecule has 1 fully saturated rings. The predicted octanol–water partition coefficient (Wildman–Crippen LogP) is 4.49. The standard InChI is InChI=1S/C26H26N6O/c1-19-7-5-11-22(17-19)28-26(33)21-10-6-15-31(18-21)23-12-13-24(30-29-23)32-16-14-27-25(32)20-8-3-2-4-9-20/h2-5,7-9,11-14,16-17,21H,6,10,15,18H2,1H3,(H,28,33). The highest BCUT2D eigenvalue weighted by molar-refractivity contribution is 5.93. The van der Waals surface area contributed by atoms with Crippen molar-refractivity contribution in [3.05, 3.63) is 84.7 Å². The van der Waals surface area contributed by atoms with E-state index < -0.39 is 0 Å². The summed E-state index contributed by atoms with van der Waals surface area (Å²) in [7, 11) is 0. The number of amides is 1. The monoisotopic (exact) mass is 438 g/mol. The SMILES string of the molecule is Cc1cccc(NC(=O)C2CCCN(c3ccc(-n4ccnc4-c4ccccc4)nn3)C2)c1. The van der Waals surface area contributed by atoms with Crippen molar-refractivity contribution in [1.29, 1.82) is 0 Å². The van der Waals surface area contributed by atoms with Crippen LogP contribution in [0.2, 0.25) is 0 Å². The van der Waals surface area contributed by atoms with Crippen molar-refractivity contribution in [3.63, 3.8) is 0 Å². The molecule has 0 saturated carbocycles. The van der Waals surface area contributed by atoms with Gasteiger partial charge in [0.05, 0.1) is 5.92 Å². The summed E-state index contributed by atoms with van der Waals surface area (Å²) in [5.41, 5.74) is 2.99. The topological polar surface area (TPSA) is 75.9 Å². The molecule has 1 atom stereocenters. The summed E-state index contributed by atoms with van der Waals surface area (Å²) in [5.74, 6) is 2.29. The van der Waals surface area contributed by atoms with Crippen molar-refractivity contribution in [2.45, 2.75) is 19.8 Å². The number of nitrogens with zero attached hydrogens (tertiary/aromatic N) is 5. The van der Waals surface area contributed by atoms with Crippen molar-refractivity contribution in [1.82, 2.24) is 19.7 Å². The minimum absolute atomic E-state index is 0.0563. The third kappa shape index (κ3) is 4.62. The van der Waals surface area contributed by atoms with Crippen LogP contribution in [-0.4, -0.2) is 38.7 Å². The third-order valence-electron chi connectivity index (χ3n) is 5.96. The van der Waals surface area contributed by atoms with E-state index in [0.29, 0.717) is 12.4 Å². The molecule has 0 radical (unpaired) electrons. The lowest BCUT2D eigenvalue weighted by molar-refractivity contribution is -0.120. The second-order valence-electron chi connectivity index (χ2n) is 8.38. The smallest absolute Gasteiger partial charge is 0.229 e. The van der Waals surface area contributed by atoms with Gasteiger partial charge in [-0.15, -0.1) is 10.2 Å². The summed E-state index contributed by atoms with van der Waals surface area (Å²) in [6, 6.07) is 21.8. The van der Waals surface area contributed by atoms with E-state index in [1.54, 1.807) is 6.20 Å². The van der Waals surface area contributed by atoms with Crippen LogP contribution in [0.3, 0.4) is 0 Å². The summed E-state index contributed by atoms with van der Waals surface area (Å²) in [4.78, 5) is 19.5. The summed E-state index contributed by atoms with van der Waals surface area (Å²) in [5, 5.41) is 12.0. The number of aryl methyl sites for hydroxylation is 1. The molecule has 0 bridgehead atoms. The molecule has 1 aliphatic rings. The highest BCUT2D eigenvalue weighted by atomic mass is 16.1. The highest BCUT2D eigenvalue weighted by Crippen LogP contribution is 2.24. The Hall–Kier alpha value is -4.00. The molecule has 33 heavy (non-hydrogen) atoms. The molecule has 166 valence electrons. The Labute approximate surface area is 193 Å². The molecule has 1 N–H and O–H groups in total. The first-order valence-electron chi connectivity index (χ1n) is 11.2. The van der Waals surface area contributed by atoms with Gasteiger partial charge in [-0.2, -0.15) is 0 Å². The Morgan fingerprint density at radius 3 is 2.61 bits per heavy atom. The fraction of sp³-hybridized carbons (Fsp3) is 0.231. The minimum Gasteiger partial charge on any atom is -0.354 e. The molecule has 1 unspecified atom stereocenters. The van der Waals surface area contributed by atoms with E-state index in [1.165, 1.54) is 0 Å². The first-order chi connectivity index (χ1) is 16.2. The molecular weight excluding hydrogens is 412 g/mol. The van der Waals surface area contributed by atoms with E-state index in [0.717, 1.165) is 47.8 Å². The van der Waals surface area contributed by atoms with Gasteiger partial charge in [0.25, 0.3) is 0 Å². The number of aromatic nitrogens is 4. The lowest BCUT2D eigenvalue weighted by atomic mass is 9.97. The van der Waals surface area contributed by atoms with Crippen LogP contribution in [0, 0.1) is 12.8 Å². The number of hydrogen-bond acceptors (Lipinski definition) is 5. The molecule has 1 amide bonds. The maximum atomic E-state index is 12.9. The first kappa shape index (κ1) is 20.9. The number of imidazole rings is 1. The molecule has 0 aliphatic carbocycles. The zero-order chi connectivity index (χ0) is 22.6. The van der Waals surface area contributed by atoms with E-state index >= 15 is 0 Å². The molecule has 1 saturated heterocycles. The Bertz CT molecular complexity index is 1240. The summed E-state index contributed by atoms with van der Waals surface area (Å²) in [6.45, 7) is 3.52. The molecular formula is C26H26N6O. The lowest BCUT2D eigenvalue weighted by Gasteiger charge is -2.32. The number of piperidine rings is 1. The number of anilines is 2. The average molecular weight is 439 g/mol. The number of carbonyl (C=O) groups is 1. The van der Waals surface area contributed by atoms with Crippen LogP contribution in [-0.2, 0) is 4.79 Å². The average Bonchev–Trinajstić information content (AvgIpc) is 3.35. The molecule has 2 aromatic heterocycles. The second kappa shape index (κ2) is 9.24. The Morgan fingerprint density at radius 1 is 1.00 bits per heavy atom. The maximum Gasteiger partial charge on any atom is 0.229 e. The molecule has 2 aromatic carbocycles. The summed E-state index contributed by atoms with van der Waals surface area (Å²) >= 11 is 0. The number of benzene rings is 2.